The molecule has 0 aromatic heterocycles. The largest absolute Gasteiger partial charge is 0.321 e. The summed E-state index contributed by atoms with van der Waals surface area (Å²) in [5.74, 6) is 0.117. The molecule has 0 fully saturated rings. The molecule has 0 spiro atoms. The lowest BCUT2D eigenvalue weighted by Gasteiger charge is -2.31. The number of nitrogens with two attached hydrogens (primary N) is 1. The van der Waals surface area contributed by atoms with E-state index in [1.807, 2.05) is 13.0 Å². The lowest BCUT2D eigenvalue weighted by molar-refractivity contribution is 0.315. The minimum absolute atomic E-state index is 0.220. The molecule has 78 valence electrons. The van der Waals surface area contributed by atoms with Gasteiger partial charge in [-0.15, -0.1) is 0 Å². The Morgan fingerprint density at radius 1 is 1.50 bits per heavy atom. The van der Waals surface area contributed by atoms with Crippen LogP contribution in [0, 0.1) is 11.7 Å². The van der Waals surface area contributed by atoms with E-state index in [9.17, 15) is 4.39 Å². The van der Waals surface area contributed by atoms with Gasteiger partial charge in [-0.2, -0.15) is 0 Å². The van der Waals surface area contributed by atoms with E-state index in [0.29, 0.717) is 5.92 Å². The topological polar surface area (TPSA) is 26.0 Å². The second kappa shape index (κ2) is 4.09. The molecular weight excluding hydrogens is 177 g/mol. The summed E-state index contributed by atoms with van der Waals surface area (Å²) in [7, 11) is 0. The monoisotopic (exact) mass is 195 g/mol. The van der Waals surface area contributed by atoms with Crippen molar-refractivity contribution in [3.63, 3.8) is 0 Å². The van der Waals surface area contributed by atoms with Crippen LogP contribution in [0.3, 0.4) is 0 Å². The van der Waals surface area contributed by atoms with Crippen molar-refractivity contribution in [1.82, 2.24) is 0 Å². The fraction of sp³-hybridized carbons (Fsp3) is 0.500. The van der Waals surface area contributed by atoms with Crippen molar-refractivity contribution in [3.8, 4) is 0 Å². The van der Waals surface area contributed by atoms with E-state index in [2.05, 4.69) is 13.8 Å². The SMILES string of the molecule is CCC(C)C(C)(N)c1cccc(F)c1. The van der Waals surface area contributed by atoms with Crippen molar-refractivity contribution in [1.29, 1.82) is 0 Å². The number of hydrogen-bond acceptors (Lipinski definition) is 1. The summed E-state index contributed by atoms with van der Waals surface area (Å²) in [6, 6.07) is 6.55. The normalized spacial score (nSPS) is 17.5. The molecule has 0 bridgehead atoms. The molecule has 0 saturated carbocycles. The molecular formula is C12H18FN. The number of rotatable bonds is 3. The summed E-state index contributed by atoms with van der Waals surface area (Å²) in [5.41, 5.74) is 6.61. The second-order valence-electron chi connectivity index (χ2n) is 4.10. The van der Waals surface area contributed by atoms with Gasteiger partial charge in [0.2, 0.25) is 0 Å². The third kappa shape index (κ3) is 2.13. The fourth-order valence-corrected chi connectivity index (χ4v) is 1.53. The zero-order valence-electron chi connectivity index (χ0n) is 9.05. The molecule has 0 heterocycles. The minimum atomic E-state index is -0.448. The van der Waals surface area contributed by atoms with Crippen molar-refractivity contribution < 1.29 is 4.39 Å². The van der Waals surface area contributed by atoms with Gasteiger partial charge in [0.25, 0.3) is 0 Å². The van der Waals surface area contributed by atoms with Crippen LogP contribution in [0.4, 0.5) is 4.39 Å². The molecule has 1 aromatic rings. The smallest absolute Gasteiger partial charge is 0.123 e. The van der Waals surface area contributed by atoms with Gasteiger partial charge < -0.3 is 5.73 Å². The summed E-state index contributed by atoms with van der Waals surface area (Å²) in [4.78, 5) is 0. The predicted molar refractivity (Wildman–Crippen MR) is 57.4 cm³/mol. The first-order valence-electron chi connectivity index (χ1n) is 5.03. The van der Waals surface area contributed by atoms with Crippen molar-refractivity contribution >= 4 is 0 Å². The van der Waals surface area contributed by atoms with E-state index in [1.165, 1.54) is 12.1 Å². The molecule has 2 N–H and O–H groups in total. The highest BCUT2D eigenvalue weighted by molar-refractivity contribution is 5.24. The standard InChI is InChI=1S/C12H18FN/c1-4-9(2)12(3,14)10-6-5-7-11(13)8-10/h5-9H,4,14H2,1-3H3. The number of hydrogen-bond donors (Lipinski definition) is 1. The third-order valence-electron chi connectivity index (χ3n) is 3.08. The van der Waals surface area contributed by atoms with E-state index >= 15 is 0 Å². The fourth-order valence-electron chi connectivity index (χ4n) is 1.53. The molecule has 14 heavy (non-hydrogen) atoms. The van der Waals surface area contributed by atoms with Crippen LogP contribution >= 0.6 is 0 Å². The van der Waals surface area contributed by atoms with Gasteiger partial charge in [-0.25, -0.2) is 4.39 Å². The van der Waals surface area contributed by atoms with Gasteiger partial charge in [0.15, 0.2) is 0 Å². The van der Waals surface area contributed by atoms with Crippen LogP contribution in [0.25, 0.3) is 0 Å². The Labute approximate surface area is 85.1 Å². The van der Waals surface area contributed by atoms with Crippen LogP contribution in [-0.4, -0.2) is 0 Å². The van der Waals surface area contributed by atoms with Crippen molar-refractivity contribution in [3.05, 3.63) is 35.6 Å². The predicted octanol–water partition coefficient (Wildman–Crippen LogP) is 3.05. The average Bonchev–Trinajstić information content (AvgIpc) is 2.16. The van der Waals surface area contributed by atoms with E-state index in [1.54, 1.807) is 6.07 Å². The van der Waals surface area contributed by atoms with E-state index in [0.717, 1.165) is 12.0 Å². The van der Waals surface area contributed by atoms with Crippen LogP contribution in [0.5, 0.6) is 0 Å². The van der Waals surface area contributed by atoms with Gasteiger partial charge in [-0.3, -0.25) is 0 Å². The van der Waals surface area contributed by atoms with Crippen LogP contribution in [0.2, 0.25) is 0 Å². The number of benzene rings is 1. The molecule has 0 aliphatic rings. The highest BCUT2D eigenvalue weighted by Gasteiger charge is 2.27. The molecule has 0 radical (unpaired) electrons. The zero-order chi connectivity index (χ0) is 10.8. The molecule has 2 heteroatoms. The highest BCUT2D eigenvalue weighted by Crippen LogP contribution is 2.28. The van der Waals surface area contributed by atoms with Crippen LogP contribution in [0.15, 0.2) is 24.3 Å². The first-order chi connectivity index (χ1) is 6.48. The zero-order valence-corrected chi connectivity index (χ0v) is 9.05. The van der Waals surface area contributed by atoms with E-state index in [-0.39, 0.29) is 5.82 Å². The minimum Gasteiger partial charge on any atom is -0.321 e. The quantitative estimate of drug-likeness (QED) is 0.788. The molecule has 0 amide bonds. The van der Waals surface area contributed by atoms with Gasteiger partial charge in [-0.1, -0.05) is 32.4 Å². The van der Waals surface area contributed by atoms with Crippen LogP contribution < -0.4 is 5.73 Å². The Kier molecular flexibility index (Phi) is 3.27. The first kappa shape index (κ1) is 11.2. The summed E-state index contributed by atoms with van der Waals surface area (Å²) in [6.45, 7) is 6.13. The van der Waals surface area contributed by atoms with Gasteiger partial charge >= 0.3 is 0 Å². The maximum absolute atomic E-state index is 13.0. The van der Waals surface area contributed by atoms with Crippen LogP contribution in [-0.2, 0) is 5.54 Å². The maximum Gasteiger partial charge on any atom is 0.123 e. The highest BCUT2D eigenvalue weighted by atomic mass is 19.1. The summed E-state index contributed by atoms with van der Waals surface area (Å²) in [5, 5.41) is 0. The van der Waals surface area contributed by atoms with Gasteiger partial charge in [0.05, 0.1) is 0 Å². The Balaban J connectivity index is 3.03. The third-order valence-corrected chi connectivity index (χ3v) is 3.08. The summed E-state index contributed by atoms with van der Waals surface area (Å²) < 4.78 is 13.0. The molecule has 2 atom stereocenters. The Morgan fingerprint density at radius 2 is 2.14 bits per heavy atom. The van der Waals surface area contributed by atoms with Crippen molar-refractivity contribution in [2.24, 2.45) is 11.7 Å². The summed E-state index contributed by atoms with van der Waals surface area (Å²) in [6.07, 6.45) is 0.990. The van der Waals surface area contributed by atoms with Crippen LogP contribution in [0.1, 0.15) is 32.8 Å². The molecule has 0 aliphatic carbocycles. The van der Waals surface area contributed by atoms with Crippen molar-refractivity contribution in [2.75, 3.05) is 0 Å². The Bertz CT molecular complexity index is 307. The average molecular weight is 195 g/mol. The molecule has 0 saturated heterocycles. The first-order valence-corrected chi connectivity index (χ1v) is 5.03. The summed E-state index contributed by atoms with van der Waals surface area (Å²) >= 11 is 0. The van der Waals surface area contributed by atoms with Gasteiger partial charge in [0.1, 0.15) is 5.82 Å². The lowest BCUT2D eigenvalue weighted by Crippen LogP contribution is -2.39. The number of halogens is 1. The molecule has 2 unspecified atom stereocenters. The van der Waals surface area contributed by atoms with Crippen molar-refractivity contribution in [2.45, 2.75) is 32.7 Å². The lowest BCUT2D eigenvalue weighted by atomic mass is 9.80. The maximum atomic E-state index is 13.0. The Hall–Kier alpha value is -0.890. The molecule has 1 aromatic carbocycles. The van der Waals surface area contributed by atoms with E-state index < -0.39 is 5.54 Å². The van der Waals surface area contributed by atoms with Gasteiger partial charge in [0, 0.05) is 5.54 Å². The molecule has 1 nitrogen and oxygen atoms in total. The molecule has 0 aliphatic heterocycles. The van der Waals surface area contributed by atoms with Gasteiger partial charge in [-0.05, 0) is 30.5 Å². The second-order valence-corrected chi connectivity index (χ2v) is 4.10. The molecule has 1 rings (SSSR count). The van der Waals surface area contributed by atoms with E-state index in [4.69, 9.17) is 5.73 Å². The Morgan fingerprint density at radius 3 is 2.64 bits per heavy atom.